The summed E-state index contributed by atoms with van der Waals surface area (Å²) in [6.45, 7) is 13.6. The molecular weight excluding hydrogens is 362 g/mol. The van der Waals surface area contributed by atoms with Gasteiger partial charge in [-0.25, -0.2) is 0 Å². The van der Waals surface area contributed by atoms with Gasteiger partial charge >= 0.3 is 0 Å². The number of nitrogens with zero attached hydrogens (tertiary/aromatic N) is 3. The summed E-state index contributed by atoms with van der Waals surface area (Å²) in [6, 6.07) is 8.47. The van der Waals surface area contributed by atoms with Gasteiger partial charge in [-0.15, -0.1) is 12.6 Å². The van der Waals surface area contributed by atoms with Gasteiger partial charge in [-0.05, 0) is 36.0 Å². The number of amides is 2. The normalized spacial score (nSPS) is 21.3. The molecule has 1 aromatic carbocycles. The molecule has 2 heterocycles. The summed E-state index contributed by atoms with van der Waals surface area (Å²) in [5, 5.41) is 0. The maximum Gasteiger partial charge on any atom is 0.251 e. The molecule has 3 rings (SSSR count). The van der Waals surface area contributed by atoms with Crippen LogP contribution in [0.1, 0.15) is 62.9 Å². The smallest absolute Gasteiger partial charge is 0.251 e. The first-order valence-corrected chi connectivity index (χ1v) is 11.0. The van der Waals surface area contributed by atoms with Crippen molar-refractivity contribution in [1.29, 1.82) is 0 Å². The maximum atomic E-state index is 12.9. The fourth-order valence-electron chi connectivity index (χ4n) is 4.23. The summed E-state index contributed by atoms with van der Waals surface area (Å²) in [5.41, 5.74) is 2.11. The number of piperazine rings is 1. The number of rotatable bonds is 4. The minimum absolute atomic E-state index is 0.0961. The lowest BCUT2D eigenvalue weighted by Crippen LogP contribution is -2.55. The molecule has 1 atom stereocenters. The highest BCUT2D eigenvalue weighted by Gasteiger charge is 2.25. The van der Waals surface area contributed by atoms with E-state index in [9.17, 15) is 9.59 Å². The molecule has 2 aliphatic rings. The second-order valence-electron chi connectivity index (χ2n) is 9.34. The standard InChI is InChI=1S/C24H36N3O2/c1-5-6-22(28)26-17-15-25(16-18-26)21-11-13-27(14-12-21)23(29)19-7-9-20(10-8-19)24(2,3)4/h7-11,21H,5-6,12-18H2,1-4H3/q-1. The zero-order valence-corrected chi connectivity index (χ0v) is 18.5. The van der Waals surface area contributed by atoms with E-state index in [-0.39, 0.29) is 17.2 Å². The van der Waals surface area contributed by atoms with E-state index in [1.165, 1.54) is 5.56 Å². The first kappa shape index (κ1) is 21.8. The van der Waals surface area contributed by atoms with Gasteiger partial charge in [0.05, 0.1) is 0 Å². The van der Waals surface area contributed by atoms with Gasteiger partial charge in [0.15, 0.2) is 0 Å². The Hall–Kier alpha value is -1.88. The summed E-state index contributed by atoms with van der Waals surface area (Å²) in [7, 11) is 0. The summed E-state index contributed by atoms with van der Waals surface area (Å²) in [5.74, 6) is 0.407. The summed E-state index contributed by atoms with van der Waals surface area (Å²) < 4.78 is 0. The van der Waals surface area contributed by atoms with Crippen LogP contribution in [0, 0.1) is 6.42 Å². The van der Waals surface area contributed by atoms with Crippen LogP contribution in [0.3, 0.4) is 0 Å². The zero-order valence-electron chi connectivity index (χ0n) is 18.5. The van der Waals surface area contributed by atoms with Crippen molar-refractivity contribution in [3.8, 4) is 0 Å². The Kier molecular flexibility index (Phi) is 6.99. The third-order valence-electron chi connectivity index (χ3n) is 6.18. The van der Waals surface area contributed by atoms with Crippen molar-refractivity contribution in [2.75, 3.05) is 39.3 Å². The van der Waals surface area contributed by atoms with Gasteiger partial charge in [-0.2, -0.15) is 0 Å². The molecule has 0 N–H and O–H groups in total. The minimum Gasteiger partial charge on any atom is -0.368 e. The number of hydrogen-bond acceptors (Lipinski definition) is 3. The molecule has 5 nitrogen and oxygen atoms in total. The van der Waals surface area contributed by atoms with E-state index in [1.54, 1.807) is 0 Å². The molecule has 2 saturated heterocycles. The molecule has 0 saturated carbocycles. The van der Waals surface area contributed by atoms with E-state index in [0.29, 0.717) is 19.0 Å². The van der Waals surface area contributed by atoms with Crippen LogP contribution >= 0.6 is 0 Å². The molecule has 29 heavy (non-hydrogen) atoms. The number of carbonyl (C=O) groups excluding carboxylic acids is 2. The molecule has 5 heteroatoms. The van der Waals surface area contributed by atoms with Gasteiger partial charge < -0.3 is 14.7 Å². The van der Waals surface area contributed by atoms with E-state index in [4.69, 9.17) is 0 Å². The van der Waals surface area contributed by atoms with Gasteiger partial charge in [0.25, 0.3) is 5.91 Å². The van der Waals surface area contributed by atoms with E-state index in [0.717, 1.165) is 51.1 Å². The monoisotopic (exact) mass is 398 g/mol. The van der Waals surface area contributed by atoms with Crippen LogP contribution in [0.15, 0.2) is 24.3 Å². The highest BCUT2D eigenvalue weighted by Crippen LogP contribution is 2.24. The molecule has 2 amide bonds. The topological polar surface area (TPSA) is 43.9 Å². The largest absolute Gasteiger partial charge is 0.368 e. The van der Waals surface area contributed by atoms with Crippen LogP contribution in [-0.4, -0.2) is 71.8 Å². The van der Waals surface area contributed by atoms with Crippen molar-refractivity contribution in [2.45, 2.75) is 58.4 Å². The quantitative estimate of drug-likeness (QED) is 0.731. The Balaban J connectivity index is 1.48. The predicted molar refractivity (Wildman–Crippen MR) is 117 cm³/mol. The molecule has 2 aliphatic heterocycles. The second-order valence-corrected chi connectivity index (χ2v) is 9.34. The van der Waals surface area contributed by atoms with Crippen molar-refractivity contribution in [3.05, 3.63) is 41.8 Å². The molecule has 0 bridgehead atoms. The molecule has 0 spiro atoms. The second kappa shape index (κ2) is 9.29. The molecule has 1 unspecified atom stereocenters. The van der Waals surface area contributed by atoms with Crippen LogP contribution in [0.5, 0.6) is 0 Å². The van der Waals surface area contributed by atoms with Crippen molar-refractivity contribution in [2.24, 2.45) is 0 Å². The lowest BCUT2D eigenvalue weighted by Gasteiger charge is -2.48. The van der Waals surface area contributed by atoms with Gasteiger partial charge in [-0.1, -0.05) is 39.8 Å². The summed E-state index contributed by atoms with van der Waals surface area (Å²) in [4.78, 5) is 31.4. The van der Waals surface area contributed by atoms with E-state index in [2.05, 4.69) is 51.1 Å². The number of piperidine rings is 1. The maximum absolute atomic E-state index is 12.9. The molecule has 160 valence electrons. The molecule has 0 aliphatic carbocycles. The number of likely N-dealkylation sites (tertiary alicyclic amines) is 1. The van der Waals surface area contributed by atoms with Gasteiger partial charge in [0.1, 0.15) is 0 Å². The number of benzene rings is 1. The highest BCUT2D eigenvalue weighted by molar-refractivity contribution is 5.94. The van der Waals surface area contributed by atoms with E-state index >= 15 is 0 Å². The highest BCUT2D eigenvalue weighted by atomic mass is 16.2. The fraction of sp³-hybridized carbons (Fsp3) is 0.625. The van der Waals surface area contributed by atoms with Gasteiger partial charge in [0, 0.05) is 44.7 Å². The van der Waals surface area contributed by atoms with Crippen LogP contribution in [0.4, 0.5) is 0 Å². The summed E-state index contributed by atoms with van der Waals surface area (Å²) in [6.07, 6.45) is 4.81. The first-order valence-electron chi connectivity index (χ1n) is 11.0. The fourth-order valence-corrected chi connectivity index (χ4v) is 4.23. The SMILES string of the molecule is CCCC(=O)N1CCN(C2[CH-]CN(C(=O)c3ccc(C(C)(C)C)cc3)CC2)CC1. The molecule has 0 aromatic heterocycles. The Bertz CT molecular complexity index is 692. The average Bonchev–Trinajstić information content (AvgIpc) is 2.73. The predicted octanol–water partition coefficient (Wildman–Crippen LogP) is 3.35. The average molecular weight is 399 g/mol. The Labute approximate surface area is 176 Å². The molecular formula is C24H36N3O2-. The lowest BCUT2D eigenvalue weighted by molar-refractivity contribution is -0.133. The number of carbonyl (C=O) groups is 2. The molecule has 1 aromatic rings. The van der Waals surface area contributed by atoms with Crippen LogP contribution < -0.4 is 0 Å². The van der Waals surface area contributed by atoms with Crippen molar-refractivity contribution in [1.82, 2.24) is 14.7 Å². The van der Waals surface area contributed by atoms with E-state index < -0.39 is 0 Å². The Morgan fingerprint density at radius 3 is 2.17 bits per heavy atom. The summed E-state index contributed by atoms with van der Waals surface area (Å²) >= 11 is 0. The Morgan fingerprint density at radius 2 is 1.66 bits per heavy atom. The lowest BCUT2D eigenvalue weighted by atomic mass is 9.86. The molecule has 2 fully saturated rings. The van der Waals surface area contributed by atoms with Gasteiger partial charge in [0.2, 0.25) is 5.91 Å². The third-order valence-corrected chi connectivity index (χ3v) is 6.18. The zero-order chi connectivity index (χ0) is 21.0. The van der Waals surface area contributed by atoms with Crippen LogP contribution in [0.25, 0.3) is 0 Å². The van der Waals surface area contributed by atoms with E-state index in [1.807, 2.05) is 21.9 Å². The third kappa shape index (κ3) is 5.39. The molecule has 0 radical (unpaired) electrons. The number of hydrogen-bond donors (Lipinski definition) is 0. The minimum atomic E-state index is 0.0961. The van der Waals surface area contributed by atoms with Crippen LogP contribution in [0.2, 0.25) is 0 Å². The first-order chi connectivity index (χ1) is 13.8. The van der Waals surface area contributed by atoms with Crippen molar-refractivity contribution in [3.63, 3.8) is 0 Å². The van der Waals surface area contributed by atoms with Crippen molar-refractivity contribution < 1.29 is 9.59 Å². The van der Waals surface area contributed by atoms with Crippen molar-refractivity contribution >= 4 is 11.8 Å². The van der Waals surface area contributed by atoms with Gasteiger partial charge in [-0.3, -0.25) is 16.0 Å². The Morgan fingerprint density at radius 1 is 1.00 bits per heavy atom. The van der Waals surface area contributed by atoms with Crippen LogP contribution in [-0.2, 0) is 10.2 Å².